The van der Waals surface area contributed by atoms with Gasteiger partial charge in [-0.05, 0) is 18.6 Å². The summed E-state index contributed by atoms with van der Waals surface area (Å²) in [4.78, 5) is 14.4. The fourth-order valence-electron chi connectivity index (χ4n) is 2.73. The van der Waals surface area contributed by atoms with Gasteiger partial charge in [0.1, 0.15) is 0 Å². The first kappa shape index (κ1) is 15.0. The Bertz CT molecular complexity index is 869. The SMILES string of the molecule is Cn1cc(N2CCC(Sc3nnc(-c4ccco4)n3C)C2=O)cn1. The Hall–Kier alpha value is -2.55. The molecule has 1 unspecified atom stereocenters. The van der Waals surface area contributed by atoms with Gasteiger partial charge in [-0.15, -0.1) is 10.2 Å². The normalized spacial score (nSPS) is 17.8. The van der Waals surface area contributed by atoms with Crippen LogP contribution < -0.4 is 4.90 Å². The first-order chi connectivity index (χ1) is 11.6. The summed E-state index contributed by atoms with van der Waals surface area (Å²) in [5.74, 6) is 1.39. The summed E-state index contributed by atoms with van der Waals surface area (Å²) >= 11 is 1.44. The van der Waals surface area contributed by atoms with Crippen LogP contribution in [0.2, 0.25) is 0 Å². The molecule has 4 rings (SSSR count). The molecule has 0 aliphatic carbocycles. The summed E-state index contributed by atoms with van der Waals surface area (Å²) in [5.41, 5.74) is 0.833. The standard InChI is InChI=1S/C15H16N6O2S/c1-19-9-10(8-16-19)21-6-5-12(14(21)22)24-15-18-17-13(20(15)2)11-4-3-7-23-11/h3-4,7-9,12H,5-6H2,1-2H3. The van der Waals surface area contributed by atoms with Gasteiger partial charge in [0.15, 0.2) is 16.7 Å². The molecule has 0 spiro atoms. The van der Waals surface area contributed by atoms with Crippen molar-refractivity contribution in [3.8, 4) is 11.6 Å². The molecular formula is C15H16N6O2S. The molecule has 0 aromatic carbocycles. The van der Waals surface area contributed by atoms with E-state index < -0.39 is 0 Å². The smallest absolute Gasteiger partial charge is 0.240 e. The zero-order chi connectivity index (χ0) is 16.7. The van der Waals surface area contributed by atoms with Crippen molar-refractivity contribution in [1.82, 2.24) is 24.5 Å². The minimum absolute atomic E-state index is 0.0792. The van der Waals surface area contributed by atoms with Crippen LogP contribution in [0.15, 0.2) is 40.4 Å². The van der Waals surface area contributed by atoms with E-state index in [1.807, 2.05) is 37.0 Å². The number of carbonyl (C=O) groups excluding carboxylic acids is 1. The van der Waals surface area contributed by atoms with Crippen molar-refractivity contribution in [2.75, 3.05) is 11.4 Å². The summed E-state index contributed by atoms with van der Waals surface area (Å²) in [7, 11) is 3.71. The molecule has 0 N–H and O–H groups in total. The van der Waals surface area contributed by atoms with Gasteiger partial charge in [-0.1, -0.05) is 11.8 Å². The zero-order valence-electron chi connectivity index (χ0n) is 13.3. The van der Waals surface area contributed by atoms with E-state index in [0.29, 0.717) is 23.3 Å². The number of anilines is 1. The maximum Gasteiger partial charge on any atom is 0.240 e. The highest BCUT2D eigenvalue weighted by molar-refractivity contribution is 8.00. The first-order valence-corrected chi connectivity index (χ1v) is 8.41. The molecule has 0 radical (unpaired) electrons. The second kappa shape index (κ2) is 5.82. The quantitative estimate of drug-likeness (QED) is 0.716. The van der Waals surface area contributed by atoms with E-state index in [2.05, 4.69) is 15.3 Å². The number of carbonyl (C=O) groups is 1. The Labute approximate surface area is 142 Å². The van der Waals surface area contributed by atoms with E-state index in [4.69, 9.17) is 4.42 Å². The number of thioether (sulfide) groups is 1. The fourth-order valence-corrected chi connectivity index (χ4v) is 3.77. The van der Waals surface area contributed by atoms with Gasteiger partial charge < -0.3 is 13.9 Å². The van der Waals surface area contributed by atoms with Gasteiger partial charge in [-0.3, -0.25) is 9.48 Å². The molecule has 3 aromatic heterocycles. The Balaban J connectivity index is 1.51. The molecule has 4 heterocycles. The Kier molecular flexibility index (Phi) is 3.64. The van der Waals surface area contributed by atoms with E-state index in [1.165, 1.54) is 11.8 Å². The van der Waals surface area contributed by atoms with E-state index in [0.717, 1.165) is 12.1 Å². The highest BCUT2D eigenvalue weighted by Crippen LogP contribution is 2.33. The molecule has 1 aliphatic rings. The molecule has 1 aliphatic heterocycles. The second-order valence-electron chi connectivity index (χ2n) is 5.60. The lowest BCUT2D eigenvalue weighted by Crippen LogP contribution is -2.27. The van der Waals surface area contributed by atoms with E-state index in [1.54, 1.807) is 22.0 Å². The maximum atomic E-state index is 12.7. The van der Waals surface area contributed by atoms with Gasteiger partial charge in [0.05, 0.1) is 23.4 Å². The fraction of sp³-hybridized carbons (Fsp3) is 0.333. The van der Waals surface area contributed by atoms with Crippen molar-refractivity contribution in [1.29, 1.82) is 0 Å². The molecule has 0 saturated carbocycles. The number of aryl methyl sites for hydroxylation is 1. The van der Waals surface area contributed by atoms with Crippen molar-refractivity contribution in [2.24, 2.45) is 14.1 Å². The summed E-state index contributed by atoms with van der Waals surface area (Å²) < 4.78 is 8.91. The Morgan fingerprint density at radius 3 is 2.92 bits per heavy atom. The third-order valence-electron chi connectivity index (χ3n) is 3.98. The maximum absolute atomic E-state index is 12.7. The third-order valence-corrected chi connectivity index (χ3v) is 5.27. The largest absolute Gasteiger partial charge is 0.461 e. The monoisotopic (exact) mass is 344 g/mol. The third kappa shape index (κ3) is 2.50. The predicted molar refractivity (Wildman–Crippen MR) is 88.5 cm³/mol. The number of nitrogens with zero attached hydrogens (tertiary/aromatic N) is 6. The van der Waals surface area contributed by atoms with Crippen molar-refractivity contribution in [2.45, 2.75) is 16.8 Å². The molecule has 3 aromatic rings. The van der Waals surface area contributed by atoms with Gasteiger partial charge in [-0.25, -0.2) is 0 Å². The highest BCUT2D eigenvalue weighted by atomic mass is 32.2. The van der Waals surface area contributed by atoms with Crippen molar-refractivity contribution in [3.05, 3.63) is 30.8 Å². The summed E-state index contributed by atoms with van der Waals surface area (Å²) in [6.07, 6.45) is 5.93. The van der Waals surface area contributed by atoms with Crippen LogP contribution in [0.25, 0.3) is 11.6 Å². The average molecular weight is 344 g/mol. The van der Waals surface area contributed by atoms with Crippen molar-refractivity contribution in [3.63, 3.8) is 0 Å². The van der Waals surface area contributed by atoms with Crippen LogP contribution >= 0.6 is 11.8 Å². The molecule has 124 valence electrons. The van der Waals surface area contributed by atoms with Crippen LogP contribution in [0, 0.1) is 0 Å². The van der Waals surface area contributed by atoms with Crippen LogP contribution in [0.4, 0.5) is 5.69 Å². The number of hydrogen-bond acceptors (Lipinski definition) is 6. The Morgan fingerprint density at radius 2 is 2.21 bits per heavy atom. The molecule has 9 heteroatoms. The molecule has 1 amide bonds. The number of aromatic nitrogens is 5. The molecule has 1 fully saturated rings. The van der Waals surface area contributed by atoms with Gasteiger partial charge in [0, 0.05) is 26.8 Å². The van der Waals surface area contributed by atoms with Crippen molar-refractivity contribution < 1.29 is 9.21 Å². The zero-order valence-corrected chi connectivity index (χ0v) is 14.1. The van der Waals surface area contributed by atoms with Crippen LogP contribution in [-0.4, -0.2) is 42.2 Å². The first-order valence-electron chi connectivity index (χ1n) is 7.53. The summed E-state index contributed by atoms with van der Waals surface area (Å²) in [6.45, 7) is 0.686. The minimum Gasteiger partial charge on any atom is -0.461 e. The molecule has 24 heavy (non-hydrogen) atoms. The molecule has 0 bridgehead atoms. The van der Waals surface area contributed by atoms with Crippen LogP contribution in [0.3, 0.4) is 0 Å². The number of rotatable bonds is 4. The van der Waals surface area contributed by atoms with E-state index in [-0.39, 0.29) is 11.2 Å². The topological polar surface area (TPSA) is 82.0 Å². The van der Waals surface area contributed by atoms with Gasteiger partial charge in [0.25, 0.3) is 0 Å². The van der Waals surface area contributed by atoms with Crippen LogP contribution in [0.1, 0.15) is 6.42 Å². The molecule has 1 atom stereocenters. The number of hydrogen-bond donors (Lipinski definition) is 0. The van der Waals surface area contributed by atoms with Crippen LogP contribution in [0.5, 0.6) is 0 Å². The number of furan rings is 1. The van der Waals surface area contributed by atoms with Gasteiger partial charge >= 0.3 is 0 Å². The molecule has 8 nitrogen and oxygen atoms in total. The lowest BCUT2D eigenvalue weighted by atomic mass is 10.4. The number of amides is 1. The second-order valence-corrected chi connectivity index (χ2v) is 6.77. The average Bonchev–Trinajstić information content (AvgIpc) is 3.32. The molecule has 1 saturated heterocycles. The summed E-state index contributed by atoms with van der Waals surface area (Å²) in [6, 6.07) is 3.65. The highest BCUT2D eigenvalue weighted by Gasteiger charge is 2.35. The van der Waals surface area contributed by atoms with Crippen molar-refractivity contribution >= 4 is 23.4 Å². The van der Waals surface area contributed by atoms with E-state index >= 15 is 0 Å². The van der Waals surface area contributed by atoms with Crippen LogP contribution in [-0.2, 0) is 18.9 Å². The van der Waals surface area contributed by atoms with E-state index in [9.17, 15) is 4.79 Å². The Morgan fingerprint density at radius 1 is 1.33 bits per heavy atom. The molecular weight excluding hydrogens is 328 g/mol. The minimum atomic E-state index is -0.169. The van der Waals surface area contributed by atoms with Gasteiger partial charge in [-0.2, -0.15) is 5.10 Å². The lowest BCUT2D eigenvalue weighted by molar-refractivity contribution is -0.116. The van der Waals surface area contributed by atoms with Gasteiger partial charge in [0.2, 0.25) is 5.91 Å². The lowest BCUT2D eigenvalue weighted by Gasteiger charge is -2.13. The summed E-state index contributed by atoms with van der Waals surface area (Å²) in [5, 5.41) is 13.0. The predicted octanol–water partition coefficient (Wildman–Crippen LogP) is 1.71.